The maximum atomic E-state index is 11.5. The molecule has 1 rings (SSSR count). The van der Waals surface area contributed by atoms with Gasteiger partial charge in [-0.05, 0) is 0 Å². The van der Waals surface area contributed by atoms with Gasteiger partial charge in [0.15, 0.2) is 0 Å². The van der Waals surface area contributed by atoms with E-state index in [1.807, 2.05) is 0 Å². The monoisotopic (exact) mass is 273 g/mol. The highest BCUT2D eigenvalue weighted by atomic mass is 35.5. The molecule has 1 unspecified atom stereocenters. The van der Waals surface area contributed by atoms with E-state index in [1.54, 1.807) is 25.1 Å². The van der Waals surface area contributed by atoms with Crippen LogP contribution in [0.5, 0.6) is 0 Å². The number of nitro groups is 1. The molecule has 7 heteroatoms. The van der Waals surface area contributed by atoms with Crippen LogP contribution < -0.4 is 11.1 Å². The summed E-state index contributed by atoms with van der Waals surface area (Å²) >= 11 is 0. The molecule has 0 heterocycles. The van der Waals surface area contributed by atoms with Crippen LogP contribution in [0.4, 0.5) is 5.69 Å². The molecule has 1 aromatic rings. The number of nitrogens with two attached hydrogens (primary N) is 1. The van der Waals surface area contributed by atoms with E-state index in [9.17, 15) is 14.9 Å². The number of nitro benzene ring substituents is 1. The highest BCUT2D eigenvalue weighted by Crippen LogP contribution is 2.17. The molecule has 0 bridgehead atoms. The lowest BCUT2D eigenvalue weighted by atomic mass is 10.1. The Balaban J connectivity index is 0.00000289. The van der Waals surface area contributed by atoms with Crippen molar-refractivity contribution >= 4 is 24.0 Å². The van der Waals surface area contributed by atoms with Crippen molar-refractivity contribution in [2.24, 2.45) is 11.7 Å². The van der Waals surface area contributed by atoms with Gasteiger partial charge in [-0.3, -0.25) is 14.9 Å². The lowest BCUT2D eigenvalue weighted by molar-refractivity contribution is -0.385. The summed E-state index contributed by atoms with van der Waals surface area (Å²) in [4.78, 5) is 21.7. The highest BCUT2D eigenvalue weighted by Gasteiger charge is 2.15. The maximum Gasteiger partial charge on any atom is 0.274 e. The van der Waals surface area contributed by atoms with Gasteiger partial charge in [-0.2, -0.15) is 0 Å². The van der Waals surface area contributed by atoms with E-state index in [4.69, 9.17) is 5.73 Å². The second-order valence-corrected chi connectivity index (χ2v) is 3.74. The van der Waals surface area contributed by atoms with E-state index in [-0.39, 0.29) is 43.0 Å². The van der Waals surface area contributed by atoms with E-state index < -0.39 is 4.92 Å². The second kappa shape index (κ2) is 7.62. The summed E-state index contributed by atoms with van der Waals surface area (Å²) in [6, 6.07) is 6.31. The van der Waals surface area contributed by atoms with Crippen molar-refractivity contribution in [3.63, 3.8) is 0 Å². The zero-order valence-corrected chi connectivity index (χ0v) is 10.8. The molecule has 100 valence electrons. The molecule has 6 nitrogen and oxygen atoms in total. The summed E-state index contributed by atoms with van der Waals surface area (Å²) in [7, 11) is 0. The Bertz CT molecular complexity index is 426. The molecule has 0 spiro atoms. The van der Waals surface area contributed by atoms with Gasteiger partial charge in [-0.1, -0.05) is 25.1 Å². The van der Waals surface area contributed by atoms with Gasteiger partial charge < -0.3 is 11.1 Å². The molecule has 0 aliphatic rings. The predicted molar refractivity (Wildman–Crippen MR) is 70.4 cm³/mol. The molecular formula is C11H16ClN3O3. The van der Waals surface area contributed by atoms with Crippen molar-refractivity contribution in [2.75, 3.05) is 6.54 Å². The largest absolute Gasteiger partial charge is 0.351 e. The third kappa shape index (κ3) is 4.31. The van der Waals surface area contributed by atoms with Crippen LogP contribution in [0, 0.1) is 16.0 Å². The van der Waals surface area contributed by atoms with Crippen molar-refractivity contribution in [1.82, 2.24) is 5.32 Å². The Morgan fingerprint density at radius 2 is 2.11 bits per heavy atom. The Morgan fingerprint density at radius 3 is 2.67 bits per heavy atom. The van der Waals surface area contributed by atoms with E-state index in [0.29, 0.717) is 5.56 Å². The second-order valence-electron chi connectivity index (χ2n) is 3.74. The van der Waals surface area contributed by atoms with E-state index in [0.717, 1.165) is 0 Å². The number of rotatable bonds is 5. The molecule has 1 atom stereocenters. The average molecular weight is 274 g/mol. The number of carbonyl (C=O) groups is 1. The summed E-state index contributed by atoms with van der Waals surface area (Å²) in [6.45, 7) is 2.10. The van der Waals surface area contributed by atoms with Crippen LogP contribution in [0.15, 0.2) is 24.3 Å². The van der Waals surface area contributed by atoms with Crippen molar-refractivity contribution in [3.05, 3.63) is 39.9 Å². The van der Waals surface area contributed by atoms with Crippen molar-refractivity contribution < 1.29 is 9.72 Å². The number of amides is 1. The van der Waals surface area contributed by atoms with Crippen LogP contribution in [0.3, 0.4) is 0 Å². The molecule has 0 saturated carbocycles. The molecule has 0 fully saturated rings. The number of nitrogens with zero attached hydrogens (tertiary/aromatic N) is 1. The van der Waals surface area contributed by atoms with Gasteiger partial charge in [0.2, 0.25) is 5.91 Å². The standard InChI is InChI=1S/C11H15N3O3.ClH/c1-8(6-12)11(15)13-7-9-4-2-3-5-10(9)14(16)17;/h2-5,8H,6-7,12H2,1H3,(H,13,15);1H. The van der Waals surface area contributed by atoms with Crippen LogP contribution in [0.25, 0.3) is 0 Å². The number of benzene rings is 1. The molecule has 0 radical (unpaired) electrons. The molecule has 0 aromatic heterocycles. The smallest absolute Gasteiger partial charge is 0.274 e. The number of nitrogens with one attached hydrogen (secondary N) is 1. The van der Waals surface area contributed by atoms with E-state index in [2.05, 4.69) is 5.32 Å². The zero-order valence-electron chi connectivity index (χ0n) is 9.96. The highest BCUT2D eigenvalue weighted by molar-refractivity contribution is 5.85. The minimum absolute atomic E-state index is 0. The Labute approximate surface area is 111 Å². The van der Waals surface area contributed by atoms with Crippen molar-refractivity contribution in [2.45, 2.75) is 13.5 Å². The van der Waals surface area contributed by atoms with E-state index in [1.165, 1.54) is 6.07 Å². The Kier molecular flexibility index (Phi) is 6.92. The third-order valence-corrected chi connectivity index (χ3v) is 2.44. The van der Waals surface area contributed by atoms with Gasteiger partial charge in [0.25, 0.3) is 5.69 Å². The molecular weight excluding hydrogens is 258 g/mol. The Morgan fingerprint density at radius 1 is 1.50 bits per heavy atom. The zero-order chi connectivity index (χ0) is 12.8. The fraction of sp³-hybridized carbons (Fsp3) is 0.364. The van der Waals surface area contributed by atoms with Gasteiger partial charge in [-0.15, -0.1) is 12.4 Å². The molecule has 18 heavy (non-hydrogen) atoms. The van der Waals surface area contributed by atoms with Crippen LogP contribution >= 0.6 is 12.4 Å². The predicted octanol–water partition coefficient (Wildman–Crippen LogP) is 1.23. The summed E-state index contributed by atoms with van der Waals surface area (Å²) in [6.07, 6.45) is 0. The van der Waals surface area contributed by atoms with Crippen molar-refractivity contribution in [1.29, 1.82) is 0 Å². The first-order chi connectivity index (χ1) is 8.06. The van der Waals surface area contributed by atoms with Crippen LogP contribution in [-0.2, 0) is 11.3 Å². The number of carbonyl (C=O) groups excluding carboxylic acids is 1. The average Bonchev–Trinajstić information content (AvgIpc) is 2.35. The summed E-state index contributed by atoms with van der Waals surface area (Å²) in [5.41, 5.74) is 5.84. The third-order valence-electron chi connectivity index (χ3n) is 2.44. The fourth-order valence-corrected chi connectivity index (χ4v) is 1.30. The van der Waals surface area contributed by atoms with Crippen LogP contribution in [-0.4, -0.2) is 17.4 Å². The first kappa shape index (κ1) is 16.3. The van der Waals surface area contributed by atoms with Gasteiger partial charge in [-0.25, -0.2) is 0 Å². The molecule has 0 aliphatic heterocycles. The summed E-state index contributed by atoms with van der Waals surface area (Å²) in [5.74, 6) is -0.497. The number of halogens is 1. The van der Waals surface area contributed by atoms with E-state index >= 15 is 0 Å². The van der Waals surface area contributed by atoms with Crippen molar-refractivity contribution in [3.8, 4) is 0 Å². The quantitative estimate of drug-likeness (QED) is 0.622. The van der Waals surface area contributed by atoms with Gasteiger partial charge in [0.05, 0.1) is 4.92 Å². The summed E-state index contributed by atoms with van der Waals surface area (Å²) < 4.78 is 0. The minimum atomic E-state index is -0.464. The fourth-order valence-electron chi connectivity index (χ4n) is 1.30. The van der Waals surface area contributed by atoms with Gasteiger partial charge in [0.1, 0.15) is 0 Å². The molecule has 3 N–H and O–H groups in total. The summed E-state index contributed by atoms with van der Waals surface area (Å²) in [5, 5.41) is 13.4. The molecule has 1 amide bonds. The lowest BCUT2D eigenvalue weighted by Gasteiger charge is -2.09. The van der Waals surface area contributed by atoms with Crippen LogP contribution in [0.2, 0.25) is 0 Å². The normalized spacial score (nSPS) is 11.2. The first-order valence-corrected chi connectivity index (χ1v) is 5.26. The first-order valence-electron chi connectivity index (χ1n) is 5.26. The maximum absolute atomic E-state index is 11.5. The molecule has 0 aliphatic carbocycles. The molecule has 0 saturated heterocycles. The number of hydrogen-bond donors (Lipinski definition) is 2. The van der Waals surface area contributed by atoms with Crippen LogP contribution in [0.1, 0.15) is 12.5 Å². The SMILES string of the molecule is CC(CN)C(=O)NCc1ccccc1[N+](=O)[O-].Cl. The number of hydrogen-bond acceptors (Lipinski definition) is 4. The van der Waals surface area contributed by atoms with Gasteiger partial charge in [0, 0.05) is 30.6 Å². The van der Waals surface area contributed by atoms with Gasteiger partial charge >= 0.3 is 0 Å². The molecule has 1 aromatic carbocycles. The lowest BCUT2D eigenvalue weighted by Crippen LogP contribution is -2.32. The Hall–Kier alpha value is -1.66. The minimum Gasteiger partial charge on any atom is -0.351 e. The number of para-hydroxylation sites is 1. The topological polar surface area (TPSA) is 98.3 Å².